The first-order valence-electron chi connectivity index (χ1n) is 9.28. The molecule has 0 bridgehead atoms. The number of anilines is 1. The summed E-state index contributed by atoms with van der Waals surface area (Å²) >= 11 is 0. The fourth-order valence-corrected chi connectivity index (χ4v) is 3.04. The number of hydrogen-bond donors (Lipinski definition) is 2. The van der Waals surface area contributed by atoms with Gasteiger partial charge in [0.1, 0.15) is 18.1 Å². The lowest BCUT2D eigenvalue weighted by Gasteiger charge is -2.18. The molecule has 0 radical (unpaired) electrons. The largest absolute Gasteiger partial charge is 0.489 e. The molecule has 146 valence electrons. The summed E-state index contributed by atoms with van der Waals surface area (Å²) in [5, 5.41) is 5.64. The van der Waals surface area contributed by atoms with Gasteiger partial charge in [0, 0.05) is 12.1 Å². The molecule has 0 atom stereocenters. The van der Waals surface area contributed by atoms with Gasteiger partial charge in [-0.25, -0.2) is 0 Å². The molecule has 0 spiro atoms. The number of rotatable bonds is 6. The molecule has 0 aromatic heterocycles. The maximum Gasteiger partial charge on any atom is 0.262 e. The molecule has 1 heterocycles. The van der Waals surface area contributed by atoms with E-state index in [2.05, 4.69) is 10.6 Å². The molecule has 29 heavy (non-hydrogen) atoms. The molecule has 0 saturated heterocycles. The lowest BCUT2D eigenvalue weighted by atomic mass is 10.1. The lowest BCUT2D eigenvalue weighted by Crippen LogP contribution is -2.27. The molecule has 3 aromatic rings. The Morgan fingerprint density at radius 2 is 1.76 bits per heavy atom. The smallest absolute Gasteiger partial charge is 0.262 e. The van der Waals surface area contributed by atoms with Gasteiger partial charge in [-0.2, -0.15) is 0 Å². The number of carbonyl (C=O) groups is 2. The Balaban J connectivity index is 1.40. The van der Waals surface area contributed by atoms with Crippen molar-refractivity contribution in [1.82, 2.24) is 5.32 Å². The SMILES string of the molecule is O=C1COc2cc(C(=O)NCc3ccccc3COc3ccccc3)ccc2N1. The van der Waals surface area contributed by atoms with Crippen LogP contribution in [0.4, 0.5) is 5.69 Å². The average Bonchev–Trinajstić information content (AvgIpc) is 2.77. The van der Waals surface area contributed by atoms with Gasteiger partial charge in [0.15, 0.2) is 6.61 Å². The van der Waals surface area contributed by atoms with Gasteiger partial charge < -0.3 is 20.1 Å². The summed E-state index contributed by atoms with van der Waals surface area (Å²) in [7, 11) is 0. The highest BCUT2D eigenvalue weighted by atomic mass is 16.5. The van der Waals surface area contributed by atoms with E-state index in [4.69, 9.17) is 9.47 Å². The summed E-state index contributed by atoms with van der Waals surface area (Å²) in [4.78, 5) is 23.9. The molecule has 1 aliphatic heterocycles. The Bertz CT molecular complexity index is 1030. The van der Waals surface area contributed by atoms with Crippen LogP contribution in [-0.2, 0) is 17.9 Å². The van der Waals surface area contributed by atoms with Gasteiger partial charge in [-0.15, -0.1) is 0 Å². The maximum atomic E-state index is 12.6. The Morgan fingerprint density at radius 3 is 2.59 bits per heavy atom. The van der Waals surface area contributed by atoms with Gasteiger partial charge in [-0.05, 0) is 41.5 Å². The third-order valence-electron chi connectivity index (χ3n) is 4.57. The number of carbonyl (C=O) groups excluding carboxylic acids is 2. The first-order chi connectivity index (χ1) is 14.2. The van der Waals surface area contributed by atoms with Crippen LogP contribution in [-0.4, -0.2) is 18.4 Å². The van der Waals surface area contributed by atoms with Gasteiger partial charge >= 0.3 is 0 Å². The summed E-state index contributed by atoms with van der Waals surface area (Å²) in [5.41, 5.74) is 3.03. The maximum absolute atomic E-state index is 12.6. The minimum atomic E-state index is -0.216. The monoisotopic (exact) mass is 388 g/mol. The summed E-state index contributed by atoms with van der Waals surface area (Å²) in [6, 6.07) is 22.4. The molecule has 4 rings (SSSR count). The van der Waals surface area contributed by atoms with Crippen molar-refractivity contribution < 1.29 is 19.1 Å². The highest BCUT2D eigenvalue weighted by molar-refractivity contribution is 5.98. The summed E-state index contributed by atoms with van der Waals surface area (Å²) in [6.07, 6.45) is 0. The van der Waals surface area contributed by atoms with Crippen molar-refractivity contribution in [3.05, 3.63) is 89.5 Å². The third-order valence-corrected chi connectivity index (χ3v) is 4.57. The Kier molecular flexibility index (Phi) is 5.42. The fourth-order valence-electron chi connectivity index (χ4n) is 3.04. The van der Waals surface area contributed by atoms with Crippen molar-refractivity contribution >= 4 is 17.5 Å². The van der Waals surface area contributed by atoms with Crippen LogP contribution in [0.2, 0.25) is 0 Å². The molecule has 3 aromatic carbocycles. The van der Waals surface area contributed by atoms with Crippen LogP contribution in [0.15, 0.2) is 72.8 Å². The number of fused-ring (bicyclic) bond motifs is 1. The van der Waals surface area contributed by atoms with Gasteiger partial charge in [-0.1, -0.05) is 42.5 Å². The molecular weight excluding hydrogens is 368 g/mol. The summed E-state index contributed by atoms with van der Waals surface area (Å²) < 4.78 is 11.2. The number of ether oxygens (including phenoxy) is 2. The van der Waals surface area contributed by atoms with E-state index in [1.165, 1.54) is 0 Å². The second-order valence-corrected chi connectivity index (χ2v) is 6.60. The van der Waals surface area contributed by atoms with Crippen molar-refractivity contribution in [2.75, 3.05) is 11.9 Å². The van der Waals surface area contributed by atoms with Crippen LogP contribution in [0.1, 0.15) is 21.5 Å². The van der Waals surface area contributed by atoms with Crippen LogP contribution in [0.5, 0.6) is 11.5 Å². The Labute approximate surface area is 168 Å². The number of hydrogen-bond acceptors (Lipinski definition) is 4. The fraction of sp³-hybridized carbons (Fsp3) is 0.130. The molecular formula is C23H20N2O4. The predicted octanol–water partition coefficient (Wildman–Crippen LogP) is 3.53. The number of amides is 2. The van der Waals surface area contributed by atoms with E-state index in [1.807, 2.05) is 54.6 Å². The molecule has 6 heteroatoms. The third kappa shape index (κ3) is 4.55. The molecule has 2 N–H and O–H groups in total. The highest BCUT2D eigenvalue weighted by Crippen LogP contribution is 2.28. The summed E-state index contributed by atoms with van der Waals surface area (Å²) in [5.74, 6) is 0.873. The van der Waals surface area contributed by atoms with Crippen molar-refractivity contribution in [3.63, 3.8) is 0 Å². The molecule has 0 aliphatic carbocycles. The molecule has 6 nitrogen and oxygen atoms in total. The molecule has 0 saturated carbocycles. The van der Waals surface area contributed by atoms with Gasteiger partial charge in [0.2, 0.25) is 0 Å². The Hall–Kier alpha value is -3.80. The van der Waals surface area contributed by atoms with E-state index < -0.39 is 0 Å². The predicted molar refractivity (Wildman–Crippen MR) is 109 cm³/mol. The second kappa shape index (κ2) is 8.48. The van der Waals surface area contributed by atoms with Crippen LogP contribution in [0.25, 0.3) is 0 Å². The van der Waals surface area contributed by atoms with Crippen molar-refractivity contribution in [1.29, 1.82) is 0 Å². The van der Waals surface area contributed by atoms with Gasteiger partial charge in [-0.3, -0.25) is 9.59 Å². The van der Waals surface area contributed by atoms with Crippen LogP contribution < -0.4 is 20.1 Å². The standard InChI is InChI=1S/C23H20N2O4/c26-22-15-29-21-12-16(10-11-20(21)25-22)23(27)24-13-17-6-4-5-7-18(17)14-28-19-8-2-1-3-9-19/h1-12H,13-15H2,(H,24,27)(H,25,26). The van der Waals surface area contributed by atoms with Crippen molar-refractivity contribution in [2.24, 2.45) is 0 Å². The van der Waals surface area contributed by atoms with Crippen LogP contribution >= 0.6 is 0 Å². The van der Waals surface area contributed by atoms with Gasteiger partial charge in [0.05, 0.1) is 5.69 Å². The van der Waals surface area contributed by atoms with Crippen molar-refractivity contribution in [2.45, 2.75) is 13.2 Å². The second-order valence-electron chi connectivity index (χ2n) is 6.60. The minimum Gasteiger partial charge on any atom is -0.489 e. The van der Waals surface area contributed by atoms with E-state index in [0.29, 0.717) is 30.2 Å². The lowest BCUT2D eigenvalue weighted by molar-refractivity contribution is -0.118. The minimum absolute atomic E-state index is 0.0487. The molecule has 1 aliphatic rings. The number of benzene rings is 3. The van der Waals surface area contributed by atoms with E-state index in [-0.39, 0.29) is 18.4 Å². The zero-order valence-electron chi connectivity index (χ0n) is 15.7. The van der Waals surface area contributed by atoms with Crippen LogP contribution in [0.3, 0.4) is 0 Å². The first-order valence-corrected chi connectivity index (χ1v) is 9.28. The zero-order chi connectivity index (χ0) is 20.1. The average molecular weight is 388 g/mol. The summed E-state index contributed by atoms with van der Waals surface area (Å²) in [6.45, 7) is 0.747. The van der Waals surface area contributed by atoms with Gasteiger partial charge in [0.25, 0.3) is 11.8 Å². The number of para-hydroxylation sites is 1. The Morgan fingerprint density at radius 1 is 1.00 bits per heavy atom. The molecule has 0 fully saturated rings. The normalized spacial score (nSPS) is 12.3. The highest BCUT2D eigenvalue weighted by Gasteiger charge is 2.18. The zero-order valence-corrected chi connectivity index (χ0v) is 15.7. The van der Waals surface area contributed by atoms with E-state index in [9.17, 15) is 9.59 Å². The topological polar surface area (TPSA) is 76.7 Å². The van der Waals surface area contributed by atoms with Crippen LogP contribution in [0, 0.1) is 0 Å². The van der Waals surface area contributed by atoms with E-state index >= 15 is 0 Å². The van der Waals surface area contributed by atoms with Crippen molar-refractivity contribution in [3.8, 4) is 11.5 Å². The molecule has 2 amide bonds. The first kappa shape index (κ1) is 18.6. The number of nitrogens with one attached hydrogen (secondary N) is 2. The van der Waals surface area contributed by atoms with E-state index in [0.717, 1.165) is 16.9 Å². The molecule has 0 unspecified atom stereocenters. The quantitative estimate of drug-likeness (QED) is 0.677. The van der Waals surface area contributed by atoms with E-state index in [1.54, 1.807) is 18.2 Å².